The topological polar surface area (TPSA) is 80.2 Å². The van der Waals surface area contributed by atoms with Crippen molar-refractivity contribution < 1.29 is 9.53 Å². The summed E-state index contributed by atoms with van der Waals surface area (Å²) in [6, 6.07) is 3.89. The third-order valence-corrected chi connectivity index (χ3v) is 5.53. The third-order valence-electron chi connectivity index (χ3n) is 3.62. The van der Waals surface area contributed by atoms with Crippen LogP contribution in [-0.2, 0) is 16.1 Å². The maximum absolute atomic E-state index is 12.3. The first kappa shape index (κ1) is 17.1. The predicted octanol–water partition coefficient (Wildman–Crippen LogP) is 1.57. The molecule has 128 valence electrons. The largest absolute Gasteiger partial charge is 0.378 e. The molecule has 2 aromatic heterocycles. The number of hydrogen-bond donors (Lipinski definition) is 1. The predicted molar refractivity (Wildman–Crippen MR) is 94.3 cm³/mol. The van der Waals surface area contributed by atoms with Gasteiger partial charge >= 0.3 is 0 Å². The number of carbonyl (C=O) groups is 1. The highest BCUT2D eigenvalue weighted by Gasteiger charge is 2.19. The molecule has 0 bridgehead atoms. The first-order chi connectivity index (χ1) is 11.7. The summed E-state index contributed by atoms with van der Waals surface area (Å²) >= 11 is 2.85. The molecular formula is C15H19N5O2S2. The van der Waals surface area contributed by atoms with Gasteiger partial charge in [-0.25, -0.2) is 4.98 Å². The van der Waals surface area contributed by atoms with Crippen molar-refractivity contribution in [3.63, 3.8) is 0 Å². The molecule has 0 radical (unpaired) electrons. The number of rotatable bonds is 6. The zero-order valence-electron chi connectivity index (χ0n) is 13.3. The Bertz CT molecular complexity index is 662. The zero-order chi connectivity index (χ0) is 16.8. The van der Waals surface area contributed by atoms with E-state index in [-0.39, 0.29) is 11.2 Å². The van der Waals surface area contributed by atoms with Gasteiger partial charge in [-0.2, -0.15) is 0 Å². The molecule has 1 fully saturated rings. The maximum Gasteiger partial charge on any atom is 0.233 e. The Morgan fingerprint density at radius 1 is 1.50 bits per heavy atom. The number of ether oxygens (including phenoxy) is 1. The van der Waals surface area contributed by atoms with Crippen LogP contribution in [0.5, 0.6) is 0 Å². The lowest BCUT2D eigenvalue weighted by Crippen LogP contribution is -2.38. The number of pyridine rings is 1. The number of amides is 1. The van der Waals surface area contributed by atoms with E-state index in [9.17, 15) is 4.79 Å². The van der Waals surface area contributed by atoms with Crippen molar-refractivity contribution in [1.82, 2.24) is 20.5 Å². The fourth-order valence-corrected chi connectivity index (χ4v) is 4.02. The molecule has 0 aromatic carbocycles. The van der Waals surface area contributed by atoms with Gasteiger partial charge in [0, 0.05) is 31.4 Å². The van der Waals surface area contributed by atoms with Crippen molar-refractivity contribution in [2.75, 3.05) is 31.2 Å². The Kier molecular flexibility index (Phi) is 6.00. The average Bonchev–Trinajstić information content (AvgIpc) is 3.13. The van der Waals surface area contributed by atoms with E-state index in [0.29, 0.717) is 19.8 Å². The molecule has 1 aliphatic heterocycles. The van der Waals surface area contributed by atoms with Crippen molar-refractivity contribution in [2.45, 2.75) is 23.1 Å². The van der Waals surface area contributed by atoms with E-state index in [1.54, 1.807) is 11.7 Å². The molecule has 0 unspecified atom stereocenters. The number of nitrogens with one attached hydrogen (secondary N) is 1. The van der Waals surface area contributed by atoms with Gasteiger partial charge in [0.05, 0.1) is 18.5 Å². The minimum Gasteiger partial charge on any atom is -0.378 e. The molecule has 1 N–H and O–H groups in total. The first-order valence-electron chi connectivity index (χ1n) is 7.71. The highest BCUT2D eigenvalue weighted by molar-refractivity contribution is 8.02. The van der Waals surface area contributed by atoms with Crippen molar-refractivity contribution in [3.05, 3.63) is 29.4 Å². The number of morpholine rings is 1. The van der Waals surface area contributed by atoms with E-state index >= 15 is 0 Å². The fraction of sp³-hybridized carbons (Fsp3) is 0.467. The quantitative estimate of drug-likeness (QED) is 0.778. The molecular weight excluding hydrogens is 346 g/mol. The van der Waals surface area contributed by atoms with Gasteiger partial charge in [-0.15, -0.1) is 10.2 Å². The monoisotopic (exact) mass is 365 g/mol. The second-order valence-corrected chi connectivity index (χ2v) is 7.69. The van der Waals surface area contributed by atoms with E-state index in [1.807, 2.05) is 19.1 Å². The Labute approximate surface area is 148 Å². The number of anilines is 1. The van der Waals surface area contributed by atoms with Crippen LogP contribution in [0.25, 0.3) is 0 Å². The van der Waals surface area contributed by atoms with Gasteiger partial charge in [-0.05, 0) is 13.0 Å². The van der Waals surface area contributed by atoms with Crippen LogP contribution in [0.1, 0.15) is 12.5 Å². The minimum atomic E-state index is -0.221. The first-order valence-corrected chi connectivity index (χ1v) is 9.47. The van der Waals surface area contributed by atoms with Crippen molar-refractivity contribution >= 4 is 34.8 Å². The van der Waals surface area contributed by atoms with Gasteiger partial charge in [0.2, 0.25) is 5.91 Å². The summed E-state index contributed by atoms with van der Waals surface area (Å²) in [5.41, 5.74) is 2.68. The van der Waals surface area contributed by atoms with E-state index < -0.39 is 0 Å². The standard InChI is InChI=1S/C15H19N5O2S2/c1-11(24-15-19-18-10-23-15)14(21)17-9-12-3-2-4-16-13(12)20-5-7-22-8-6-20/h2-4,10-11H,5-9H2,1H3,(H,17,21)/t11-/m0/s1. The maximum atomic E-state index is 12.3. The summed E-state index contributed by atoms with van der Waals surface area (Å²) < 4.78 is 6.19. The summed E-state index contributed by atoms with van der Waals surface area (Å²) in [6.45, 7) is 5.38. The van der Waals surface area contributed by atoms with Crippen LogP contribution in [0.3, 0.4) is 0 Å². The summed E-state index contributed by atoms with van der Waals surface area (Å²) in [5, 5.41) is 10.5. The van der Waals surface area contributed by atoms with Gasteiger partial charge in [0.15, 0.2) is 4.34 Å². The molecule has 1 amide bonds. The molecule has 1 aliphatic rings. The molecule has 0 saturated carbocycles. The fourth-order valence-electron chi connectivity index (χ4n) is 2.37. The van der Waals surface area contributed by atoms with Crippen LogP contribution in [0.15, 0.2) is 28.2 Å². The molecule has 24 heavy (non-hydrogen) atoms. The molecule has 0 aliphatic carbocycles. The van der Waals surface area contributed by atoms with Gasteiger partial charge in [0.1, 0.15) is 11.3 Å². The van der Waals surface area contributed by atoms with Gasteiger partial charge in [-0.1, -0.05) is 29.2 Å². The number of thioether (sulfide) groups is 1. The van der Waals surface area contributed by atoms with Crippen molar-refractivity contribution in [3.8, 4) is 0 Å². The number of aromatic nitrogens is 3. The third kappa shape index (κ3) is 4.43. The molecule has 1 saturated heterocycles. The molecule has 0 spiro atoms. The summed E-state index contributed by atoms with van der Waals surface area (Å²) in [4.78, 5) is 19.0. The van der Waals surface area contributed by atoms with E-state index in [2.05, 4.69) is 25.4 Å². The van der Waals surface area contributed by atoms with Crippen molar-refractivity contribution in [2.24, 2.45) is 0 Å². The lowest BCUT2D eigenvalue weighted by Gasteiger charge is -2.29. The molecule has 3 rings (SSSR count). The van der Waals surface area contributed by atoms with E-state index in [1.165, 1.54) is 23.1 Å². The van der Waals surface area contributed by atoms with E-state index in [0.717, 1.165) is 28.8 Å². The molecule has 1 atom stereocenters. The number of hydrogen-bond acceptors (Lipinski definition) is 8. The lowest BCUT2D eigenvalue weighted by molar-refractivity contribution is -0.120. The van der Waals surface area contributed by atoms with Crippen LogP contribution in [-0.4, -0.2) is 52.6 Å². The minimum absolute atomic E-state index is 0.0213. The summed E-state index contributed by atoms with van der Waals surface area (Å²) in [6.07, 6.45) is 1.78. The van der Waals surface area contributed by atoms with E-state index in [4.69, 9.17) is 4.74 Å². The smallest absolute Gasteiger partial charge is 0.233 e. The van der Waals surface area contributed by atoms with Crippen LogP contribution in [0.4, 0.5) is 5.82 Å². The van der Waals surface area contributed by atoms with Crippen LogP contribution in [0, 0.1) is 0 Å². The summed E-state index contributed by atoms with van der Waals surface area (Å²) in [5.74, 6) is 0.900. The second-order valence-electron chi connectivity index (χ2n) is 5.27. The SMILES string of the molecule is C[C@H](Sc1nncs1)C(=O)NCc1cccnc1N1CCOCC1. The molecule has 9 heteroatoms. The van der Waals surface area contributed by atoms with Crippen LogP contribution < -0.4 is 10.2 Å². The number of carbonyl (C=O) groups excluding carboxylic acids is 1. The van der Waals surface area contributed by atoms with Crippen LogP contribution in [0.2, 0.25) is 0 Å². The Morgan fingerprint density at radius 2 is 2.33 bits per heavy atom. The summed E-state index contributed by atoms with van der Waals surface area (Å²) in [7, 11) is 0. The van der Waals surface area contributed by atoms with Gasteiger partial charge in [0.25, 0.3) is 0 Å². The van der Waals surface area contributed by atoms with Crippen LogP contribution >= 0.6 is 23.1 Å². The van der Waals surface area contributed by atoms with Gasteiger partial charge in [-0.3, -0.25) is 4.79 Å². The Balaban J connectivity index is 1.58. The molecule has 2 aromatic rings. The Hall–Kier alpha value is -1.71. The second kappa shape index (κ2) is 8.41. The van der Waals surface area contributed by atoms with Crippen molar-refractivity contribution in [1.29, 1.82) is 0 Å². The normalized spacial score (nSPS) is 16.0. The lowest BCUT2D eigenvalue weighted by atomic mass is 10.2. The highest BCUT2D eigenvalue weighted by Crippen LogP contribution is 2.24. The number of nitrogens with zero attached hydrogens (tertiary/aromatic N) is 4. The Morgan fingerprint density at radius 3 is 3.08 bits per heavy atom. The highest BCUT2D eigenvalue weighted by atomic mass is 32.2. The average molecular weight is 365 g/mol. The molecule has 3 heterocycles. The van der Waals surface area contributed by atoms with Gasteiger partial charge < -0.3 is 15.0 Å². The zero-order valence-corrected chi connectivity index (χ0v) is 15.0. The molecule has 7 nitrogen and oxygen atoms in total.